The summed E-state index contributed by atoms with van der Waals surface area (Å²) >= 11 is 5.11. The molecule has 0 saturated heterocycles. The topological polar surface area (TPSA) is 49.0 Å². The van der Waals surface area contributed by atoms with Gasteiger partial charge in [-0.1, -0.05) is 0 Å². The molecule has 1 aromatic carbocycles. The molecule has 1 N–H and O–H groups in total. The van der Waals surface area contributed by atoms with Gasteiger partial charge in [0.1, 0.15) is 0 Å². The zero-order valence-electron chi connectivity index (χ0n) is 11.5. The summed E-state index contributed by atoms with van der Waals surface area (Å²) in [6, 6.07) is 9.61. The number of rotatable bonds is 4. The zero-order chi connectivity index (χ0) is 14.8. The summed E-state index contributed by atoms with van der Waals surface area (Å²) in [5.74, 6) is 0.0403. The Bertz CT molecular complexity index is 780. The van der Waals surface area contributed by atoms with Crippen molar-refractivity contribution in [3.63, 3.8) is 0 Å². The van der Waals surface area contributed by atoms with E-state index in [2.05, 4.69) is 25.9 Å². The average Bonchev–Trinajstić information content (AvgIpc) is 3.11. The van der Waals surface area contributed by atoms with E-state index in [1.165, 1.54) is 4.88 Å². The van der Waals surface area contributed by atoms with E-state index in [4.69, 9.17) is 0 Å². The SMILES string of the molecule is CCN(Cc1ccc(Br)s1)C(=O)c1ccc2nc[nH]c2c1. The van der Waals surface area contributed by atoms with Gasteiger partial charge in [0, 0.05) is 17.0 Å². The zero-order valence-corrected chi connectivity index (χ0v) is 13.9. The van der Waals surface area contributed by atoms with Crippen LogP contribution in [0.5, 0.6) is 0 Å². The summed E-state index contributed by atoms with van der Waals surface area (Å²) in [7, 11) is 0. The number of aromatic amines is 1. The number of benzene rings is 1. The molecule has 2 aromatic heterocycles. The maximum Gasteiger partial charge on any atom is 0.254 e. The number of H-pyrrole nitrogens is 1. The first kappa shape index (κ1) is 14.3. The predicted molar refractivity (Wildman–Crippen MR) is 88.5 cm³/mol. The van der Waals surface area contributed by atoms with E-state index in [-0.39, 0.29) is 5.91 Å². The maximum atomic E-state index is 12.6. The summed E-state index contributed by atoms with van der Waals surface area (Å²) in [6.45, 7) is 3.30. The first-order valence-electron chi connectivity index (χ1n) is 6.64. The Morgan fingerprint density at radius 2 is 2.24 bits per heavy atom. The van der Waals surface area contributed by atoms with Crippen LogP contribution in [0.2, 0.25) is 0 Å². The molecule has 3 rings (SSSR count). The van der Waals surface area contributed by atoms with Crippen molar-refractivity contribution in [3.05, 3.63) is 50.9 Å². The van der Waals surface area contributed by atoms with Crippen LogP contribution < -0.4 is 0 Å². The number of hydrogen-bond acceptors (Lipinski definition) is 3. The number of carbonyl (C=O) groups excluding carboxylic acids is 1. The van der Waals surface area contributed by atoms with Crippen molar-refractivity contribution in [2.24, 2.45) is 0 Å². The van der Waals surface area contributed by atoms with Gasteiger partial charge in [-0.2, -0.15) is 0 Å². The number of thiophene rings is 1. The number of hydrogen-bond donors (Lipinski definition) is 1. The monoisotopic (exact) mass is 363 g/mol. The molecule has 108 valence electrons. The Balaban J connectivity index is 1.83. The number of aromatic nitrogens is 2. The van der Waals surface area contributed by atoms with E-state index in [1.54, 1.807) is 17.7 Å². The molecule has 4 nitrogen and oxygen atoms in total. The van der Waals surface area contributed by atoms with Crippen molar-refractivity contribution in [2.75, 3.05) is 6.54 Å². The van der Waals surface area contributed by atoms with Crippen LogP contribution in [-0.4, -0.2) is 27.3 Å². The van der Waals surface area contributed by atoms with Gasteiger partial charge in [0.15, 0.2) is 0 Å². The van der Waals surface area contributed by atoms with E-state index in [1.807, 2.05) is 42.2 Å². The van der Waals surface area contributed by atoms with Crippen molar-refractivity contribution < 1.29 is 4.79 Å². The molecule has 0 radical (unpaired) electrons. The quantitative estimate of drug-likeness (QED) is 0.759. The number of carbonyl (C=O) groups is 1. The first-order valence-corrected chi connectivity index (χ1v) is 8.25. The van der Waals surface area contributed by atoms with Gasteiger partial charge in [-0.25, -0.2) is 4.98 Å². The number of fused-ring (bicyclic) bond motifs is 1. The van der Waals surface area contributed by atoms with Crippen molar-refractivity contribution in [2.45, 2.75) is 13.5 Å². The lowest BCUT2D eigenvalue weighted by Crippen LogP contribution is -2.29. The minimum atomic E-state index is 0.0403. The summed E-state index contributed by atoms with van der Waals surface area (Å²) < 4.78 is 1.08. The Hall–Kier alpha value is -1.66. The minimum absolute atomic E-state index is 0.0403. The minimum Gasteiger partial charge on any atom is -0.345 e. The van der Waals surface area contributed by atoms with E-state index < -0.39 is 0 Å². The highest BCUT2D eigenvalue weighted by Gasteiger charge is 2.16. The Labute approximate surface area is 134 Å². The number of nitrogens with zero attached hydrogens (tertiary/aromatic N) is 2. The Morgan fingerprint density at radius 3 is 2.95 bits per heavy atom. The third kappa shape index (κ3) is 3.01. The van der Waals surface area contributed by atoms with Crippen LogP contribution in [0.3, 0.4) is 0 Å². The third-order valence-electron chi connectivity index (χ3n) is 3.31. The van der Waals surface area contributed by atoms with Gasteiger partial charge < -0.3 is 9.88 Å². The fraction of sp³-hybridized carbons (Fsp3) is 0.200. The summed E-state index contributed by atoms with van der Waals surface area (Å²) in [4.78, 5) is 22.9. The molecule has 0 aliphatic rings. The molecular formula is C15H14BrN3OS. The molecule has 0 atom stereocenters. The van der Waals surface area contributed by atoms with E-state index in [0.29, 0.717) is 18.7 Å². The highest BCUT2D eigenvalue weighted by molar-refractivity contribution is 9.11. The fourth-order valence-electron chi connectivity index (χ4n) is 2.20. The summed E-state index contributed by atoms with van der Waals surface area (Å²) in [5, 5.41) is 0. The molecule has 6 heteroatoms. The molecule has 0 fully saturated rings. The lowest BCUT2D eigenvalue weighted by molar-refractivity contribution is 0.0754. The van der Waals surface area contributed by atoms with Gasteiger partial charge in [-0.05, 0) is 53.2 Å². The van der Waals surface area contributed by atoms with Gasteiger partial charge in [0.25, 0.3) is 5.91 Å². The van der Waals surface area contributed by atoms with E-state index in [0.717, 1.165) is 14.8 Å². The van der Waals surface area contributed by atoms with Crippen LogP contribution in [0.4, 0.5) is 0 Å². The van der Waals surface area contributed by atoms with Crippen LogP contribution in [0.15, 0.2) is 40.4 Å². The van der Waals surface area contributed by atoms with Gasteiger partial charge in [-0.15, -0.1) is 11.3 Å². The molecule has 3 aromatic rings. The van der Waals surface area contributed by atoms with Gasteiger partial charge >= 0.3 is 0 Å². The third-order valence-corrected chi connectivity index (χ3v) is 4.92. The van der Waals surface area contributed by atoms with Gasteiger partial charge in [-0.3, -0.25) is 4.79 Å². The molecular weight excluding hydrogens is 350 g/mol. The normalized spacial score (nSPS) is 11.0. The molecule has 2 heterocycles. The first-order chi connectivity index (χ1) is 10.2. The van der Waals surface area contributed by atoms with Crippen LogP contribution >= 0.6 is 27.3 Å². The van der Waals surface area contributed by atoms with Crippen LogP contribution in [0.25, 0.3) is 11.0 Å². The lowest BCUT2D eigenvalue weighted by Gasteiger charge is -2.20. The van der Waals surface area contributed by atoms with E-state index >= 15 is 0 Å². The van der Waals surface area contributed by atoms with Gasteiger partial charge in [0.05, 0.1) is 27.7 Å². The molecule has 21 heavy (non-hydrogen) atoms. The standard InChI is InChI=1S/C15H14BrN3OS/c1-2-19(8-11-4-6-14(16)21-11)15(20)10-3-5-12-13(7-10)18-9-17-12/h3-7,9H,2,8H2,1H3,(H,17,18). The number of imidazole rings is 1. The van der Waals surface area contributed by atoms with Crippen LogP contribution in [0.1, 0.15) is 22.2 Å². The highest BCUT2D eigenvalue weighted by Crippen LogP contribution is 2.24. The molecule has 0 aliphatic heterocycles. The molecule has 0 aliphatic carbocycles. The summed E-state index contributed by atoms with van der Waals surface area (Å²) in [6.07, 6.45) is 1.64. The maximum absolute atomic E-state index is 12.6. The number of amides is 1. The molecule has 0 saturated carbocycles. The fourth-order valence-corrected chi connectivity index (χ4v) is 3.70. The lowest BCUT2D eigenvalue weighted by atomic mass is 10.1. The van der Waals surface area contributed by atoms with Crippen molar-refractivity contribution in [3.8, 4) is 0 Å². The second-order valence-electron chi connectivity index (χ2n) is 4.66. The summed E-state index contributed by atoms with van der Waals surface area (Å²) in [5.41, 5.74) is 2.44. The van der Waals surface area contributed by atoms with Crippen LogP contribution in [0, 0.1) is 0 Å². The molecule has 1 amide bonds. The molecule has 0 spiro atoms. The number of nitrogens with one attached hydrogen (secondary N) is 1. The van der Waals surface area contributed by atoms with Crippen molar-refractivity contribution in [1.82, 2.24) is 14.9 Å². The molecule has 0 unspecified atom stereocenters. The second kappa shape index (κ2) is 5.99. The second-order valence-corrected chi connectivity index (χ2v) is 7.21. The van der Waals surface area contributed by atoms with E-state index in [9.17, 15) is 4.79 Å². The van der Waals surface area contributed by atoms with Gasteiger partial charge in [0.2, 0.25) is 0 Å². The van der Waals surface area contributed by atoms with Crippen molar-refractivity contribution in [1.29, 1.82) is 0 Å². The average molecular weight is 364 g/mol. The highest BCUT2D eigenvalue weighted by atomic mass is 79.9. The van der Waals surface area contributed by atoms with Crippen LogP contribution in [-0.2, 0) is 6.54 Å². The predicted octanol–water partition coefficient (Wildman–Crippen LogP) is 4.05. The Morgan fingerprint density at radius 1 is 1.38 bits per heavy atom. The van der Waals surface area contributed by atoms with Crippen molar-refractivity contribution >= 4 is 44.2 Å². The molecule has 0 bridgehead atoms. The smallest absolute Gasteiger partial charge is 0.254 e. The number of halogens is 1. The largest absolute Gasteiger partial charge is 0.345 e. The Kier molecular flexibility index (Phi) is 4.07.